The number of halogens is 2. The van der Waals surface area contributed by atoms with Crippen LogP contribution >= 0.6 is 24.0 Å². The zero-order valence-corrected chi connectivity index (χ0v) is 11.7. The van der Waals surface area contributed by atoms with Crippen LogP contribution in [0.5, 0.6) is 0 Å². The molecule has 0 heterocycles. The molecule has 0 radical (unpaired) electrons. The van der Waals surface area contributed by atoms with Crippen LogP contribution in [0.3, 0.4) is 0 Å². The molecule has 96 valence electrons. The maximum Gasteiger partial charge on any atom is 0.241 e. The van der Waals surface area contributed by atoms with Crippen LogP contribution in [0, 0.1) is 12.8 Å². The SMILES string of the molecule is Cc1ccc(Cl)c(NC(=O)[C@H](N)C(C)C)c1.Cl. The average Bonchev–Trinajstić information content (AvgIpc) is 2.22. The fraction of sp³-hybridized carbons (Fsp3) is 0.417. The second-order valence-electron chi connectivity index (χ2n) is 4.24. The van der Waals surface area contributed by atoms with Gasteiger partial charge in [0.1, 0.15) is 0 Å². The van der Waals surface area contributed by atoms with Crippen LogP contribution in [-0.2, 0) is 4.79 Å². The van der Waals surface area contributed by atoms with Gasteiger partial charge in [0.25, 0.3) is 0 Å². The van der Waals surface area contributed by atoms with E-state index in [9.17, 15) is 4.79 Å². The second kappa shape index (κ2) is 6.84. The van der Waals surface area contributed by atoms with E-state index in [0.717, 1.165) is 5.56 Å². The van der Waals surface area contributed by atoms with E-state index in [2.05, 4.69) is 5.32 Å². The molecule has 3 N–H and O–H groups in total. The van der Waals surface area contributed by atoms with Gasteiger partial charge >= 0.3 is 0 Å². The molecule has 1 aromatic rings. The molecule has 0 saturated heterocycles. The van der Waals surface area contributed by atoms with Gasteiger partial charge in [0.2, 0.25) is 5.91 Å². The first-order valence-corrected chi connectivity index (χ1v) is 5.62. The number of carbonyl (C=O) groups is 1. The first kappa shape index (κ1) is 16.2. The van der Waals surface area contributed by atoms with E-state index in [-0.39, 0.29) is 24.2 Å². The van der Waals surface area contributed by atoms with Crippen LogP contribution < -0.4 is 11.1 Å². The number of benzene rings is 1. The fourth-order valence-electron chi connectivity index (χ4n) is 1.25. The molecule has 0 fully saturated rings. The van der Waals surface area contributed by atoms with E-state index < -0.39 is 6.04 Å². The zero-order chi connectivity index (χ0) is 12.3. The van der Waals surface area contributed by atoms with Crippen molar-refractivity contribution in [1.82, 2.24) is 0 Å². The Hall–Kier alpha value is -0.770. The first-order chi connectivity index (χ1) is 7.41. The second-order valence-corrected chi connectivity index (χ2v) is 4.65. The van der Waals surface area contributed by atoms with E-state index in [4.69, 9.17) is 17.3 Å². The van der Waals surface area contributed by atoms with Crippen molar-refractivity contribution in [2.45, 2.75) is 26.8 Å². The van der Waals surface area contributed by atoms with Gasteiger partial charge in [-0.25, -0.2) is 0 Å². The molecule has 0 bridgehead atoms. The standard InChI is InChI=1S/C12H17ClN2O.ClH/c1-7(2)11(14)12(16)15-10-6-8(3)4-5-9(10)13;/h4-7,11H,14H2,1-3H3,(H,15,16);1H/t11-;/m1./s1. The molecule has 0 aliphatic heterocycles. The first-order valence-electron chi connectivity index (χ1n) is 5.24. The zero-order valence-electron chi connectivity index (χ0n) is 10.2. The summed E-state index contributed by atoms with van der Waals surface area (Å²) in [7, 11) is 0. The topological polar surface area (TPSA) is 55.1 Å². The smallest absolute Gasteiger partial charge is 0.241 e. The van der Waals surface area contributed by atoms with Crippen molar-refractivity contribution in [2.24, 2.45) is 11.7 Å². The van der Waals surface area contributed by atoms with Crippen molar-refractivity contribution in [3.63, 3.8) is 0 Å². The number of rotatable bonds is 3. The average molecular weight is 277 g/mol. The van der Waals surface area contributed by atoms with Gasteiger partial charge in [-0.15, -0.1) is 12.4 Å². The summed E-state index contributed by atoms with van der Waals surface area (Å²) in [5.74, 6) is -0.105. The number of hydrogen-bond donors (Lipinski definition) is 2. The molecule has 0 aliphatic carbocycles. The van der Waals surface area contributed by atoms with E-state index in [0.29, 0.717) is 10.7 Å². The Bertz CT molecular complexity index is 394. The lowest BCUT2D eigenvalue weighted by molar-refractivity contribution is -0.118. The third-order valence-corrected chi connectivity index (χ3v) is 2.73. The number of anilines is 1. The molecule has 1 rings (SSSR count). The maximum atomic E-state index is 11.7. The van der Waals surface area contributed by atoms with Gasteiger partial charge in [-0.1, -0.05) is 31.5 Å². The predicted molar refractivity (Wildman–Crippen MR) is 74.9 cm³/mol. The van der Waals surface area contributed by atoms with E-state index in [1.165, 1.54) is 0 Å². The minimum Gasteiger partial charge on any atom is -0.323 e. The molecule has 0 spiro atoms. The summed E-state index contributed by atoms with van der Waals surface area (Å²) in [4.78, 5) is 11.7. The summed E-state index contributed by atoms with van der Waals surface area (Å²) in [6.45, 7) is 5.75. The number of nitrogens with two attached hydrogens (primary N) is 1. The summed E-state index contributed by atoms with van der Waals surface area (Å²) in [6.07, 6.45) is 0. The maximum absolute atomic E-state index is 11.7. The Morgan fingerprint density at radius 2 is 2.00 bits per heavy atom. The molecule has 1 aromatic carbocycles. The van der Waals surface area contributed by atoms with E-state index in [1.807, 2.05) is 32.9 Å². The molecule has 17 heavy (non-hydrogen) atoms. The molecular weight excluding hydrogens is 259 g/mol. The highest BCUT2D eigenvalue weighted by Gasteiger charge is 2.17. The highest BCUT2D eigenvalue weighted by atomic mass is 35.5. The molecule has 0 aliphatic rings. The van der Waals surface area contributed by atoms with Crippen LogP contribution in [0.25, 0.3) is 0 Å². The Labute approximate surface area is 113 Å². The summed E-state index contributed by atoms with van der Waals surface area (Å²) in [5.41, 5.74) is 7.39. The summed E-state index contributed by atoms with van der Waals surface area (Å²) < 4.78 is 0. The predicted octanol–water partition coefficient (Wildman–Crippen LogP) is 2.99. The van der Waals surface area contributed by atoms with Crippen molar-refractivity contribution >= 4 is 35.6 Å². The molecular formula is C12H18Cl2N2O. The monoisotopic (exact) mass is 276 g/mol. The van der Waals surface area contributed by atoms with Gasteiger partial charge in [0.15, 0.2) is 0 Å². The van der Waals surface area contributed by atoms with Crippen molar-refractivity contribution in [2.75, 3.05) is 5.32 Å². The molecule has 5 heteroatoms. The van der Waals surface area contributed by atoms with Crippen LogP contribution in [-0.4, -0.2) is 11.9 Å². The lowest BCUT2D eigenvalue weighted by Crippen LogP contribution is -2.39. The fourth-order valence-corrected chi connectivity index (χ4v) is 1.42. The van der Waals surface area contributed by atoms with Crippen LogP contribution in [0.4, 0.5) is 5.69 Å². The number of carbonyl (C=O) groups excluding carboxylic acids is 1. The third-order valence-electron chi connectivity index (χ3n) is 2.40. The van der Waals surface area contributed by atoms with Crippen molar-refractivity contribution in [3.05, 3.63) is 28.8 Å². The van der Waals surface area contributed by atoms with E-state index in [1.54, 1.807) is 6.07 Å². The molecule has 0 saturated carbocycles. The lowest BCUT2D eigenvalue weighted by atomic mass is 10.0. The van der Waals surface area contributed by atoms with Gasteiger partial charge in [-0.05, 0) is 30.5 Å². The van der Waals surface area contributed by atoms with Gasteiger partial charge in [0, 0.05) is 0 Å². The van der Waals surface area contributed by atoms with Gasteiger partial charge < -0.3 is 11.1 Å². The van der Waals surface area contributed by atoms with Crippen molar-refractivity contribution < 1.29 is 4.79 Å². The molecule has 1 atom stereocenters. The van der Waals surface area contributed by atoms with Crippen LogP contribution in [0.2, 0.25) is 5.02 Å². The minimum atomic E-state index is -0.517. The highest BCUT2D eigenvalue weighted by molar-refractivity contribution is 6.33. The highest BCUT2D eigenvalue weighted by Crippen LogP contribution is 2.23. The Morgan fingerprint density at radius 1 is 1.41 bits per heavy atom. The largest absolute Gasteiger partial charge is 0.323 e. The molecule has 1 amide bonds. The third kappa shape index (κ3) is 4.54. The quantitative estimate of drug-likeness (QED) is 0.892. The molecule has 0 aromatic heterocycles. The summed E-state index contributed by atoms with van der Waals surface area (Å²) >= 11 is 5.97. The molecule has 0 unspecified atom stereocenters. The Balaban J connectivity index is 0.00000256. The van der Waals surface area contributed by atoms with Crippen molar-refractivity contribution in [1.29, 1.82) is 0 Å². The van der Waals surface area contributed by atoms with Crippen molar-refractivity contribution in [3.8, 4) is 0 Å². The number of hydrogen-bond acceptors (Lipinski definition) is 2. The van der Waals surface area contributed by atoms with Gasteiger partial charge in [-0.3, -0.25) is 4.79 Å². The van der Waals surface area contributed by atoms with Gasteiger partial charge in [0.05, 0.1) is 16.8 Å². The normalized spacial score (nSPS) is 11.9. The Kier molecular flexibility index (Phi) is 6.53. The van der Waals surface area contributed by atoms with E-state index >= 15 is 0 Å². The lowest BCUT2D eigenvalue weighted by Gasteiger charge is -2.16. The van der Waals surface area contributed by atoms with Crippen LogP contribution in [0.15, 0.2) is 18.2 Å². The number of amides is 1. The number of nitrogens with one attached hydrogen (secondary N) is 1. The molecule has 3 nitrogen and oxygen atoms in total. The summed E-state index contributed by atoms with van der Waals surface area (Å²) in [5, 5.41) is 3.26. The Morgan fingerprint density at radius 3 is 2.53 bits per heavy atom. The number of aryl methyl sites for hydroxylation is 1. The van der Waals surface area contributed by atoms with Gasteiger partial charge in [-0.2, -0.15) is 0 Å². The summed E-state index contributed by atoms with van der Waals surface area (Å²) in [6, 6.07) is 4.96. The minimum absolute atomic E-state index is 0. The van der Waals surface area contributed by atoms with Crippen LogP contribution in [0.1, 0.15) is 19.4 Å².